The standard InChI is InChI=1S/C19H21NO3S/c21-18(17-12-14-9-5-2-6-10-16(14)24-17)20-15(19(22)23)11-13-7-3-1-4-8-13/h1,3-4,7-8,12,15H,2,5-6,9-11H2,(H,20,21)(H,22,23). The van der Waals surface area contributed by atoms with E-state index in [1.807, 2.05) is 36.4 Å². The van der Waals surface area contributed by atoms with Crippen molar-refractivity contribution in [1.82, 2.24) is 5.32 Å². The molecule has 1 amide bonds. The highest BCUT2D eigenvalue weighted by Crippen LogP contribution is 2.29. The van der Waals surface area contributed by atoms with Crippen molar-refractivity contribution in [2.24, 2.45) is 0 Å². The van der Waals surface area contributed by atoms with E-state index in [0.717, 1.165) is 24.8 Å². The number of carboxylic acids is 1. The SMILES string of the molecule is O=C(NC(Cc1ccccc1)C(=O)O)c1cc2c(s1)CCCCC2. The maximum absolute atomic E-state index is 12.5. The number of nitrogens with one attached hydrogen (secondary N) is 1. The van der Waals surface area contributed by atoms with E-state index in [-0.39, 0.29) is 12.3 Å². The number of rotatable bonds is 5. The lowest BCUT2D eigenvalue weighted by Crippen LogP contribution is -2.42. The molecule has 0 spiro atoms. The second-order valence-electron chi connectivity index (χ2n) is 6.17. The summed E-state index contributed by atoms with van der Waals surface area (Å²) in [5.74, 6) is -1.29. The predicted octanol–water partition coefficient (Wildman–Crippen LogP) is 3.44. The van der Waals surface area contributed by atoms with Gasteiger partial charge in [-0.25, -0.2) is 4.79 Å². The Bertz CT molecular complexity index is 700. The molecule has 1 aliphatic rings. The average molecular weight is 343 g/mol. The Morgan fingerprint density at radius 1 is 1.12 bits per heavy atom. The fraction of sp³-hybridized carbons (Fsp3) is 0.368. The summed E-state index contributed by atoms with van der Waals surface area (Å²) in [6.07, 6.45) is 5.90. The molecule has 1 heterocycles. The van der Waals surface area contributed by atoms with E-state index in [1.165, 1.54) is 34.6 Å². The number of fused-ring (bicyclic) bond motifs is 1. The molecule has 1 atom stereocenters. The molecule has 3 rings (SSSR count). The van der Waals surface area contributed by atoms with Gasteiger partial charge in [0.15, 0.2) is 0 Å². The lowest BCUT2D eigenvalue weighted by atomic mass is 10.1. The summed E-state index contributed by atoms with van der Waals surface area (Å²) < 4.78 is 0. The molecule has 1 aliphatic carbocycles. The van der Waals surface area contributed by atoms with Crippen LogP contribution in [0, 0.1) is 0 Å². The van der Waals surface area contributed by atoms with Crippen LogP contribution in [-0.2, 0) is 24.1 Å². The van der Waals surface area contributed by atoms with E-state index in [4.69, 9.17) is 0 Å². The fourth-order valence-electron chi connectivity index (χ4n) is 3.06. The van der Waals surface area contributed by atoms with Crippen LogP contribution in [0.3, 0.4) is 0 Å². The topological polar surface area (TPSA) is 66.4 Å². The van der Waals surface area contributed by atoms with Crippen molar-refractivity contribution in [1.29, 1.82) is 0 Å². The number of carboxylic acid groups (broad SMARTS) is 1. The number of thiophene rings is 1. The van der Waals surface area contributed by atoms with E-state index in [1.54, 1.807) is 0 Å². The number of hydrogen-bond acceptors (Lipinski definition) is 3. The molecule has 1 aromatic carbocycles. The number of benzene rings is 1. The molecule has 0 bridgehead atoms. The molecule has 2 aromatic rings. The average Bonchev–Trinajstić information content (AvgIpc) is 2.86. The lowest BCUT2D eigenvalue weighted by molar-refractivity contribution is -0.139. The van der Waals surface area contributed by atoms with E-state index in [0.29, 0.717) is 4.88 Å². The highest BCUT2D eigenvalue weighted by atomic mass is 32.1. The molecular formula is C19H21NO3S. The zero-order chi connectivity index (χ0) is 16.9. The summed E-state index contributed by atoms with van der Waals surface area (Å²) in [6, 6.07) is 10.4. The molecule has 0 saturated heterocycles. The van der Waals surface area contributed by atoms with E-state index in [2.05, 4.69) is 5.32 Å². The molecule has 1 unspecified atom stereocenters. The molecule has 5 heteroatoms. The molecule has 24 heavy (non-hydrogen) atoms. The number of amides is 1. The van der Waals surface area contributed by atoms with Crippen molar-refractivity contribution in [3.05, 3.63) is 57.3 Å². The van der Waals surface area contributed by atoms with Gasteiger partial charge in [-0.15, -0.1) is 11.3 Å². The minimum absolute atomic E-state index is 0.281. The van der Waals surface area contributed by atoms with Crippen molar-refractivity contribution in [3.63, 3.8) is 0 Å². The Kier molecular flexibility index (Phi) is 5.30. The second-order valence-corrected chi connectivity index (χ2v) is 7.31. The van der Waals surface area contributed by atoms with Crippen LogP contribution in [0.2, 0.25) is 0 Å². The third-order valence-corrected chi connectivity index (χ3v) is 5.59. The van der Waals surface area contributed by atoms with Crippen molar-refractivity contribution in [2.75, 3.05) is 0 Å². The highest BCUT2D eigenvalue weighted by molar-refractivity contribution is 7.14. The second kappa shape index (κ2) is 7.62. The van der Waals surface area contributed by atoms with Crippen LogP contribution in [0.1, 0.15) is 44.9 Å². The Morgan fingerprint density at radius 2 is 1.88 bits per heavy atom. The maximum atomic E-state index is 12.5. The van der Waals surface area contributed by atoms with Crippen LogP contribution in [0.4, 0.5) is 0 Å². The van der Waals surface area contributed by atoms with E-state index >= 15 is 0 Å². The number of aliphatic carboxylic acids is 1. The number of carbonyl (C=O) groups is 2. The maximum Gasteiger partial charge on any atom is 0.326 e. The van der Waals surface area contributed by atoms with Crippen LogP contribution in [-0.4, -0.2) is 23.0 Å². The van der Waals surface area contributed by atoms with Gasteiger partial charge in [0.1, 0.15) is 6.04 Å². The highest BCUT2D eigenvalue weighted by Gasteiger charge is 2.23. The number of carbonyl (C=O) groups excluding carboxylic acids is 1. The summed E-state index contributed by atoms with van der Waals surface area (Å²) >= 11 is 1.51. The summed E-state index contributed by atoms with van der Waals surface area (Å²) in [4.78, 5) is 25.9. The molecule has 0 saturated carbocycles. The molecule has 1 aromatic heterocycles. The van der Waals surface area contributed by atoms with Gasteiger partial charge in [0.25, 0.3) is 5.91 Å². The minimum atomic E-state index is -1.01. The first-order chi connectivity index (χ1) is 11.6. The molecule has 2 N–H and O–H groups in total. The van der Waals surface area contributed by atoms with Crippen molar-refractivity contribution in [3.8, 4) is 0 Å². The normalized spacial score (nSPS) is 15.2. The smallest absolute Gasteiger partial charge is 0.326 e. The van der Waals surface area contributed by atoms with E-state index in [9.17, 15) is 14.7 Å². The monoisotopic (exact) mass is 343 g/mol. The summed E-state index contributed by atoms with van der Waals surface area (Å²) in [5.41, 5.74) is 2.16. The number of aryl methyl sites for hydroxylation is 2. The molecule has 0 fully saturated rings. The number of hydrogen-bond donors (Lipinski definition) is 2. The molecule has 0 radical (unpaired) electrons. The Morgan fingerprint density at radius 3 is 2.62 bits per heavy atom. The summed E-state index contributed by atoms with van der Waals surface area (Å²) in [5, 5.41) is 12.1. The van der Waals surface area contributed by atoms with Crippen LogP contribution in [0.15, 0.2) is 36.4 Å². The van der Waals surface area contributed by atoms with Gasteiger partial charge >= 0.3 is 5.97 Å². The molecular weight excluding hydrogens is 322 g/mol. The van der Waals surface area contributed by atoms with Crippen LogP contribution >= 0.6 is 11.3 Å². The quantitative estimate of drug-likeness (QED) is 0.817. The van der Waals surface area contributed by atoms with Gasteiger partial charge in [0.2, 0.25) is 0 Å². The van der Waals surface area contributed by atoms with Crippen LogP contribution in [0.5, 0.6) is 0 Å². The largest absolute Gasteiger partial charge is 0.480 e. The first kappa shape index (κ1) is 16.7. The van der Waals surface area contributed by atoms with Gasteiger partial charge in [-0.1, -0.05) is 36.8 Å². The third kappa shape index (κ3) is 4.03. The Hall–Kier alpha value is -2.14. The Labute approximate surface area is 145 Å². The van der Waals surface area contributed by atoms with Gasteiger partial charge in [0, 0.05) is 11.3 Å². The molecule has 0 aliphatic heterocycles. The van der Waals surface area contributed by atoms with E-state index < -0.39 is 12.0 Å². The Balaban J connectivity index is 1.70. The van der Waals surface area contributed by atoms with Gasteiger partial charge < -0.3 is 10.4 Å². The molecule has 4 nitrogen and oxygen atoms in total. The lowest BCUT2D eigenvalue weighted by Gasteiger charge is -2.14. The summed E-state index contributed by atoms with van der Waals surface area (Å²) in [7, 11) is 0. The van der Waals surface area contributed by atoms with Crippen molar-refractivity contribution in [2.45, 2.75) is 44.6 Å². The fourth-order valence-corrected chi connectivity index (χ4v) is 4.22. The minimum Gasteiger partial charge on any atom is -0.480 e. The predicted molar refractivity (Wildman–Crippen MR) is 94.6 cm³/mol. The molecule has 126 valence electrons. The first-order valence-corrected chi connectivity index (χ1v) is 9.14. The van der Waals surface area contributed by atoms with Gasteiger partial charge in [0.05, 0.1) is 4.88 Å². The summed E-state index contributed by atoms with van der Waals surface area (Å²) in [6.45, 7) is 0. The zero-order valence-corrected chi connectivity index (χ0v) is 14.3. The van der Waals surface area contributed by atoms with Gasteiger partial charge in [-0.2, -0.15) is 0 Å². The van der Waals surface area contributed by atoms with Gasteiger partial charge in [-0.05, 0) is 42.9 Å². The van der Waals surface area contributed by atoms with Crippen LogP contribution < -0.4 is 5.32 Å². The van der Waals surface area contributed by atoms with Crippen molar-refractivity contribution >= 4 is 23.2 Å². The van der Waals surface area contributed by atoms with Crippen LogP contribution in [0.25, 0.3) is 0 Å². The third-order valence-electron chi connectivity index (χ3n) is 4.36. The first-order valence-electron chi connectivity index (χ1n) is 8.32. The van der Waals surface area contributed by atoms with Crippen molar-refractivity contribution < 1.29 is 14.7 Å². The zero-order valence-electron chi connectivity index (χ0n) is 13.5. The van der Waals surface area contributed by atoms with Gasteiger partial charge in [-0.3, -0.25) is 4.79 Å².